The smallest absolute Gasteiger partial charge is 0.252 e. The zero-order valence-electron chi connectivity index (χ0n) is 12.4. The molecule has 3 rings (SSSR count). The molecule has 0 fully saturated rings. The topological polar surface area (TPSA) is 79.5 Å². The van der Waals surface area contributed by atoms with Gasteiger partial charge in [-0.2, -0.15) is 0 Å². The fourth-order valence-electron chi connectivity index (χ4n) is 2.29. The van der Waals surface area contributed by atoms with Gasteiger partial charge in [-0.15, -0.1) is 10.2 Å². The molecule has 0 aliphatic heterocycles. The molecule has 3 aromatic rings. The number of halogens is 1. The first-order valence-electron chi connectivity index (χ1n) is 7.08. The number of carbonyl (C=O) groups excluding carboxylic acids is 1. The lowest BCUT2D eigenvalue weighted by atomic mass is 10.1. The Morgan fingerprint density at radius 3 is 2.87 bits per heavy atom. The molecule has 0 aliphatic rings. The van der Waals surface area contributed by atoms with Gasteiger partial charge in [0.2, 0.25) is 0 Å². The third-order valence-electron chi connectivity index (χ3n) is 3.56. The van der Waals surface area contributed by atoms with Gasteiger partial charge in [0.05, 0.1) is 11.7 Å². The van der Waals surface area contributed by atoms with Gasteiger partial charge < -0.3 is 10.4 Å². The van der Waals surface area contributed by atoms with Crippen molar-refractivity contribution >= 4 is 11.6 Å². The van der Waals surface area contributed by atoms with E-state index in [1.165, 1.54) is 12.1 Å². The Balaban J connectivity index is 1.71. The maximum Gasteiger partial charge on any atom is 0.252 e. The molecule has 0 saturated heterocycles. The first kappa shape index (κ1) is 15.1. The summed E-state index contributed by atoms with van der Waals surface area (Å²) in [5.74, 6) is -0.202. The molecule has 2 aromatic heterocycles. The van der Waals surface area contributed by atoms with Crippen molar-refractivity contribution in [2.75, 3.05) is 6.54 Å². The van der Waals surface area contributed by atoms with Gasteiger partial charge in [0.25, 0.3) is 5.91 Å². The van der Waals surface area contributed by atoms with Crippen LogP contribution >= 0.6 is 0 Å². The second-order valence-electron chi connectivity index (χ2n) is 5.14. The van der Waals surface area contributed by atoms with Crippen LogP contribution in [0.2, 0.25) is 0 Å². The quantitative estimate of drug-likeness (QED) is 0.767. The zero-order chi connectivity index (χ0) is 16.4. The summed E-state index contributed by atoms with van der Waals surface area (Å²) in [6, 6.07) is 9.23. The second kappa shape index (κ2) is 6.13. The van der Waals surface area contributed by atoms with Crippen LogP contribution < -0.4 is 5.32 Å². The van der Waals surface area contributed by atoms with Crippen molar-refractivity contribution in [3.8, 4) is 0 Å². The SMILES string of the molecule is Cc1nnc2ccc(C(=O)NCC(O)c3ccccc3F)cn12. The minimum atomic E-state index is -1.11. The molecule has 118 valence electrons. The van der Waals surface area contributed by atoms with E-state index in [-0.39, 0.29) is 18.0 Å². The Morgan fingerprint density at radius 1 is 1.30 bits per heavy atom. The van der Waals surface area contributed by atoms with E-state index < -0.39 is 11.9 Å². The molecule has 2 N–H and O–H groups in total. The number of aliphatic hydroxyl groups is 1. The summed E-state index contributed by atoms with van der Waals surface area (Å²) in [7, 11) is 0. The number of fused-ring (bicyclic) bond motifs is 1. The highest BCUT2D eigenvalue weighted by atomic mass is 19.1. The lowest BCUT2D eigenvalue weighted by molar-refractivity contribution is 0.0913. The number of amides is 1. The minimum Gasteiger partial charge on any atom is -0.386 e. The van der Waals surface area contributed by atoms with Crippen molar-refractivity contribution in [2.24, 2.45) is 0 Å². The van der Waals surface area contributed by atoms with Crippen molar-refractivity contribution in [1.82, 2.24) is 19.9 Å². The number of pyridine rings is 1. The Morgan fingerprint density at radius 2 is 2.09 bits per heavy atom. The van der Waals surface area contributed by atoms with E-state index in [0.29, 0.717) is 17.0 Å². The third kappa shape index (κ3) is 3.04. The summed E-state index contributed by atoms with van der Waals surface area (Å²) >= 11 is 0. The maximum atomic E-state index is 13.6. The highest BCUT2D eigenvalue weighted by Crippen LogP contribution is 2.16. The molecular weight excluding hydrogens is 299 g/mol. The molecule has 23 heavy (non-hydrogen) atoms. The van der Waals surface area contributed by atoms with Crippen LogP contribution in [-0.4, -0.2) is 32.2 Å². The number of carbonyl (C=O) groups is 1. The Bertz CT molecular complexity index is 862. The fraction of sp³-hybridized carbons (Fsp3) is 0.188. The normalized spacial score (nSPS) is 12.3. The van der Waals surface area contributed by atoms with Gasteiger partial charge >= 0.3 is 0 Å². The largest absolute Gasteiger partial charge is 0.386 e. The zero-order valence-corrected chi connectivity index (χ0v) is 12.4. The summed E-state index contributed by atoms with van der Waals surface area (Å²) < 4.78 is 15.3. The first-order chi connectivity index (χ1) is 11.1. The molecule has 0 aliphatic carbocycles. The van der Waals surface area contributed by atoms with E-state index in [2.05, 4.69) is 15.5 Å². The van der Waals surface area contributed by atoms with Crippen LogP contribution in [0, 0.1) is 12.7 Å². The van der Waals surface area contributed by atoms with Crippen molar-refractivity contribution in [1.29, 1.82) is 0 Å². The maximum absolute atomic E-state index is 13.6. The Kier molecular flexibility index (Phi) is 4.03. The van der Waals surface area contributed by atoms with E-state index >= 15 is 0 Å². The summed E-state index contributed by atoms with van der Waals surface area (Å²) in [6.45, 7) is 1.70. The number of hydrogen-bond donors (Lipinski definition) is 2. The van der Waals surface area contributed by atoms with Crippen LogP contribution in [-0.2, 0) is 0 Å². The molecule has 1 aromatic carbocycles. The molecule has 0 bridgehead atoms. The third-order valence-corrected chi connectivity index (χ3v) is 3.56. The summed E-state index contributed by atoms with van der Waals surface area (Å²) in [6.07, 6.45) is 0.510. The van der Waals surface area contributed by atoms with Crippen molar-refractivity contribution in [2.45, 2.75) is 13.0 Å². The van der Waals surface area contributed by atoms with Crippen LogP contribution in [0.25, 0.3) is 5.65 Å². The van der Waals surface area contributed by atoms with Gasteiger partial charge in [-0.05, 0) is 25.1 Å². The van der Waals surface area contributed by atoms with Gasteiger partial charge in [0.15, 0.2) is 5.65 Å². The summed E-state index contributed by atoms with van der Waals surface area (Å²) in [5.41, 5.74) is 1.20. The fourth-order valence-corrected chi connectivity index (χ4v) is 2.29. The predicted octanol–water partition coefficient (Wildman–Crippen LogP) is 1.64. The number of hydrogen-bond acceptors (Lipinski definition) is 4. The average Bonchev–Trinajstić information content (AvgIpc) is 2.93. The number of nitrogens with zero attached hydrogens (tertiary/aromatic N) is 3. The van der Waals surface area contributed by atoms with Crippen LogP contribution in [0.3, 0.4) is 0 Å². The number of aromatic nitrogens is 3. The molecule has 6 nitrogen and oxygen atoms in total. The number of rotatable bonds is 4. The molecule has 7 heteroatoms. The molecule has 2 heterocycles. The Labute approximate surface area is 131 Å². The van der Waals surface area contributed by atoms with Gasteiger partial charge in [0, 0.05) is 18.3 Å². The standard InChI is InChI=1S/C16H15FN4O2/c1-10-19-20-15-7-6-11(9-21(10)15)16(23)18-8-14(22)12-4-2-3-5-13(12)17/h2-7,9,14,22H,8H2,1H3,(H,18,23). The van der Waals surface area contributed by atoms with E-state index in [4.69, 9.17) is 0 Å². The molecule has 1 unspecified atom stereocenters. The minimum absolute atomic E-state index is 0.0844. The van der Waals surface area contributed by atoms with Gasteiger partial charge in [-0.3, -0.25) is 9.20 Å². The molecule has 0 radical (unpaired) electrons. The summed E-state index contributed by atoms with van der Waals surface area (Å²) in [5, 5.41) is 20.5. The van der Waals surface area contributed by atoms with E-state index in [9.17, 15) is 14.3 Å². The van der Waals surface area contributed by atoms with Gasteiger partial charge in [0.1, 0.15) is 11.6 Å². The highest BCUT2D eigenvalue weighted by Gasteiger charge is 2.14. The lowest BCUT2D eigenvalue weighted by Crippen LogP contribution is -2.28. The van der Waals surface area contributed by atoms with Crippen LogP contribution in [0.4, 0.5) is 4.39 Å². The molecule has 1 amide bonds. The molecular formula is C16H15FN4O2. The molecule has 0 spiro atoms. The van der Waals surface area contributed by atoms with Gasteiger partial charge in [-0.25, -0.2) is 4.39 Å². The van der Waals surface area contributed by atoms with Crippen LogP contribution in [0.5, 0.6) is 0 Å². The van der Waals surface area contributed by atoms with Crippen molar-refractivity contribution in [3.63, 3.8) is 0 Å². The molecule has 0 saturated carbocycles. The van der Waals surface area contributed by atoms with Crippen LogP contribution in [0.1, 0.15) is 27.8 Å². The lowest BCUT2D eigenvalue weighted by Gasteiger charge is -2.13. The highest BCUT2D eigenvalue weighted by molar-refractivity contribution is 5.94. The number of aliphatic hydroxyl groups excluding tert-OH is 1. The Hall–Kier alpha value is -2.80. The van der Waals surface area contributed by atoms with Crippen LogP contribution in [0.15, 0.2) is 42.6 Å². The number of nitrogens with one attached hydrogen (secondary N) is 1. The van der Waals surface area contributed by atoms with E-state index in [1.807, 2.05) is 0 Å². The number of benzene rings is 1. The molecule has 1 atom stereocenters. The number of aryl methyl sites for hydroxylation is 1. The first-order valence-corrected chi connectivity index (χ1v) is 7.08. The average molecular weight is 314 g/mol. The van der Waals surface area contributed by atoms with E-state index in [0.717, 1.165) is 0 Å². The second-order valence-corrected chi connectivity index (χ2v) is 5.14. The summed E-state index contributed by atoms with van der Waals surface area (Å²) in [4.78, 5) is 12.2. The monoisotopic (exact) mass is 314 g/mol. The van der Waals surface area contributed by atoms with E-state index in [1.54, 1.807) is 41.8 Å². The van der Waals surface area contributed by atoms with Gasteiger partial charge in [-0.1, -0.05) is 18.2 Å². The van der Waals surface area contributed by atoms with Crippen molar-refractivity contribution < 1.29 is 14.3 Å². The van der Waals surface area contributed by atoms with Crippen molar-refractivity contribution in [3.05, 3.63) is 65.4 Å². The predicted molar refractivity (Wildman–Crippen MR) is 81.4 cm³/mol.